The average molecular weight is 455 g/mol. The van der Waals surface area contributed by atoms with Gasteiger partial charge in [-0.3, -0.25) is 24.6 Å². The van der Waals surface area contributed by atoms with E-state index in [4.69, 9.17) is 16.0 Å². The lowest BCUT2D eigenvalue weighted by Crippen LogP contribution is -2.27. The highest BCUT2D eigenvalue weighted by Gasteiger charge is 2.35. The molecule has 7 nitrogen and oxygen atoms in total. The van der Waals surface area contributed by atoms with Crippen LogP contribution in [0.25, 0.3) is 17.4 Å². The molecule has 2 aromatic carbocycles. The van der Waals surface area contributed by atoms with Gasteiger partial charge in [-0.15, -0.1) is 0 Å². The summed E-state index contributed by atoms with van der Waals surface area (Å²) < 4.78 is 5.74. The largest absolute Gasteiger partial charge is 0.457 e. The number of carbonyl (C=O) groups excluding carboxylic acids is 2. The second-order valence-electron chi connectivity index (χ2n) is 6.88. The van der Waals surface area contributed by atoms with Crippen LogP contribution in [0, 0.1) is 17.0 Å². The monoisotopic (exact) mass is 454 g/mol. The lowest BCUT2D eigenvalue weighted by molar-refractivity contribution is -0.384. The van der Waals surface area contributed by atoms with Crippen LogP contribution in [0.15, 0.2) is 63.9 Å². The highest BCUT2D eigenvalue weighted by molar-refractivity contribution is 8.18. The Hall–Kier alpha value is -3.36. The van der Waals surface area contributed by atoms with E-state index in [-0.39, 0.29) is 33.3 Å². The highest BCUT2D eigenvalue weighted by atomic mass is 35.5. The predicted octanol–water partition coefficient (Wildman–Crippen LogP) is 6.05. The molecule has 1 aliphatic heterocycles. The van der Waals surface area contributed by atoms with Crippen LogP contribution in [0.2, 0.25) is 5.02 Å². The minimum absolute atomic E-state index is 0.122. The van der Waals surface area contributed by atoms with E-state index in [1.807, 2.05) is 31.2 Å². The number of benzene rings is 2. The number of non-ortho nitro benzene ring substituents is 1. The van der Waals surface area contributed by atoms with Gasteiger partial charge in [-0.2, -0.15) is 0 Å². The van der Waals surface area contributed by atoms with Crippen LogP contribution in [0.5, 0.6) is 0 Å². The topological polar surface area (TPSA) is 93.7 Å². The smallest absolute Gasteiger partial charge is 0.293 e. The maximum atomic E-state index is 12.7. The third-order valence-corrected chi connectivity index (χ3v) is 5.85. The molecule has 0 atom stereocenters. The molecule has 2 heterocycles. The Bertz CT molecular complexity index is 1250. The lowest BCUT2D eigenvalue weighted by Gasteiger charge is -2.12. The van der Waals surface area contributed by atoms with Gasteiger partial charge in [-0.05, 0) is 42.4 Å². The lowest BCUT2D eigenvalue weighted by atomic mass is 10.1. The molecule has 0 unspecified atom stereocenters. The maximum absolute atomic E-state index is 12.7. The summed E-state index contributed by atoms with van der Waals surface area (Å²) in [5.74, 6) is 0.374. The average Bonchev–Trinajstić information content (AvgIpc) is 3.28. The number of halogens is 1. The molecule has 0 N–H and O–H groups in total. The van der Waals surface area contributed by atoms with Crippen LogP contribution in [0.3, 0.4) is 0 Å². The Morgan fingerprint density at radius 3 is 2.68 bits per heavy atom. The first-order valence-corrected chi connectivity index (χ1v) is 10.4. The van der Waals surface area contributed by atoms with Crippen LogP contribution >= 0.6 is 23.4 Å². The molecular weight excluding hydrogens is 440 g/mol. The normalized spacial score (nSPS) is 15.2. The van der Waals surface area contributed by atoms with E-state index in [9.17, 15) is 19.7 Å². The number of thioether (sulfide) groups is 1. The van der Waals surface area contributed by atoms with E-state index in [0.29, 0.717) is 17.1 Å². The second kappa shape index (κ2) is 8.41. The maximum Gasteiger partial charge on any atom is 0.293 e. The zero-order valence-corrected chi connectivity index (χ0v) is 17.8. The Kier molecular flexibility index (Phi) is 5.67. The summed E-state index contributed by atoms with van der Waals surface area (Å²) in [5, 5.41) is 10.7. The first-order chi connectivity index (χ1) is 14.8. The van der Waals surface area contributed by atoms with Crippen molar-refractivity contribution >= 4 is 46.3 Å². The van der Waals surface area contributed by atoms with E-state index in [2.05, 4.69) is 0 Å². The van der Waals surface area contributed by atoms with Crippen molar-refractivity contribution in [3.8, 4) is 11.3 Å². The van der Waals surface area contributed by atoms with Gasteiger partial charge in [0.15, 0.2) is 0 Å². The summed E-state index contributed by atoms with van der Waals surface area (Å²) in [6, 6.07) is 15.0. The molecule has 4 rings (SSSR count). The second-order valence-corrected chi connectivity index (χ2v) is 8.28. The summed E-state index contributed by atoms with van der Waals surface area (Å²) >= 11 is 7.00. The van der Waals surface area contributed by atoms with Gasteiger partial charge >= 0.3 is 0 Å². The van der Waals surface area contributed by atoms with Crippen molar-refractivity contribution in [2.24, 2.45) is 0 Å². The number of hydrogen-bond acceptors (Lipinski definition) is 6. The van der Waals surface area contributed by atoms with Gasteiger partial charge in [-0.25, -0.2) is 0 Å². The highest BCUT2D eigenvalue weighted by Crippen LogP contribution is 2.36. The van der Waals surface area contributed by atoms with Crippen molar-refractivity contribution in [1.29, 1.82) is 0 Å². The molecule has 31 heavy (non-hydrogen) atoms. The third kappa shape index (κ3) is 4.40. The zero-order chi connectivity index (χ0) is 22.1. The number of nitro groups is 1. The molecule has 0 bridgehead atoms. The van der Waals surface area contributed by atoms with Crippen molar-refractivity contribution in [1.82, 2.24) is 4.90 Å². The van der Waals surface area contributed by atoms with Gasteiger partial charge in [0.1, 0.15) is 11.5 Å². The predicted molar refractivity (Wildman–Crippen MR) is 119 cm³/mol. The fraction of sp³-hybridized carbons (Fsp3) is 0.0909. The molecule has 0 spiro atoms. The molecule has 0 saturated carbocycles. The Morgan fingerprint density at radius 2 is 1.97 bits per heavy atom. The van der Waals surface area contributed by atoms with Crippen molar-refractivity contribution in [3.05, 3.63) is 91.5 Å². The van der Waals surface area contributed by atoms with Gasteiger partial charge < -0.3 is 4.42 Å². The van der Waals surface area contributed by atoms with Crippen molar-refractivity contribution < 1.29 is 18.9 Å². The summed E-state index contributed by atoms with van der Waals surface area (Å²) in [6.07, 6.45) is 1.50. The Morgan fingerprint density at radius 1 is 1.16 bits per heavy atom. The summed E-state index contributed by atoms with van der Waals surface area (Å²) in [5.41, 5.74) is 2.28. The molecule has 1 aromatic heterocycles. The van der Waals surface area contributed by atoms with Gasteiger partial charge in [0.2, 0.25) is 0 Å². The number of carbonyl (C=O) groups is 2. The Labute approximate surface area is 186 Å². The van der Waals surface area contributed by atoms with Gasteiger partial charge in [0.25, 0.3) is 16.8 Å². The van der Waals surface area contributed by atoms with E-state index >= 15 is 0 Å². The van der Waals surface area contributed by atoms with Crippen LogP contribution in [-0.2, 0) is 11.3 Å². The number of hydrogen-bond donors (Lipinski definition) is 0. The van der Waals surface area contributed by atoms with Crippen LogP contribution in [-0.4, -0.2) is 21.0 Å². The summed E-state index contributed by atoms with van der Waals surface area (Å²) in [6.45, 7) is 2.15. The molecule has 1 saturated heterocycles. The van der Waals surface area contributed by atoms with Gasteiger partial charge in [0.05, 0.1) is 21.4 Å². The first kappa shape index (κ1) is 20.9. The number of furan rings is 1. The molecule has 1 aliphatic rings. The quantitative estimate of drug-likeness (QED) is 0.264. The van der Waals surface area contributed by atoms with Crippen molar-refractivity contribution in [2.45, 2.75) is 13.5 Å². The van der Waals surface area contributed by atoms with Crippen LogP contribution < -0.4 is 0 Å². The van der Waals surface area contributed by atoms with Crippen molar-refractivity contribution in [2.75, 3.05) is 0 Å². The number of nitrogens with zero attached hydrogens (tertiary/aromatic N) is 2. The number of aryl methyl sites for hydroxylation is 1. The standard InChI is InChI=1S/C22H15ClN2O5S/c1-13-3-2-4-14(9-13)12-24-21(26)20(31-22(24)27)11-16-6-8-19(30-16)17-7-5-15(25(28)29)10-18(17)23/h2-11H,12H2,1H3/b20-11-. The number of nitro benzene ring substituents is 1. The van der Waals surface area contributed by atoms with Crippen LogP contribution in [0.4, 0.5) is 10.5 Å². The molecule has 2 amide bonds. The zero-order valence-electron chi connectivity index (χ0n) is 16.2. The fourth-order valence-corrected chi connectivity index (χ4v) is 4.24. The summed E-state index contributed by atoms with van der Waals surface area (Å²) in [4.78, 5) is 36.9. The minimum Gasteiger partial charge on any atom is -0.457 e. The number of imide groups is 1. The molecule has 9 heteroatoms. The van der Waals surface area contributed by atoms with E-state index in [1.165, 1.54) is 29.2 Å². The van der Waals surface area contributed by atoms with Gasteiger partial charge in [0, 0.05) is 23.8 Å². The molecule has 0 aliphatic carbocycles. The molecular formula is C22H15ClN2O5S. The molecule has 1 fully saturated rings. The number of amides is 2. The first-order valence-electron chi connectivity index (χ1n) is 9.17. The van der Waals surface area contributed by atoms with E-state index < -0.39 is 4.92 Å². The molecule has 3 aromatic rings. The minimum atomic E-state index is -0.532. The SMILES string of the molecule is Cc1cccc(CN2C(=O)S/C(=C\c3ccc(-c4ccc([N+](=O)[O-])cc4Cl)o3)C2=O)c1. The number of rotatable bonds is 5. The third-order valence-electron chi connectivity index (χ3n) is 4.63. The van der Waals surface area contributed by atoms with Crippen molar-refractivity contribution in [3.63, 3.8) is 0 Å². The Balaban J connectivity index is 1.55. The summed E-state index contributed by atoms with van der Waals surface area (Å²) in [7, 11) is 0. The van der Waals surface area contributed by atoms with Crippen LogP contribution in [0.1, 0.15) is 16.9 Å². The molecule has 156 valence electrons. The van der Waals surface area contributed by atoms with E-state index in [0.717, 1.165) is 22.9 Å². The fourth-order valence-electron chi connectivity index (χ4n) is 3.15. The van der Waals surface area contributed by atoms with Gasteiger partial charge in [-0.1, -0.05) is 41.4 Å². The van der Waals surface area contributed by atoms with E-state index in [1.54, 1.807) is 12.1 Å². The molecule has 0 radical (unpaired) electrons.